The van der Waals surface area contributed by atoms with Crippen molar-refractivity contribution in [1.29, 1.82) is 0 Å². The van der Waals surface area contributed by atoms with Gasteiger partial charge in [-0.25, -0.2) is 4.98 Å². The number of nitrogens with zero attached hydrogens (tertiary/aromatic N) is 2. The first kappa shape index (κ1) is 19.8. The van der Waals surface area contributed by atoms with Crippen LogP contribution in [0.5, 0.6) is 11.5 Å². The molecule has 0 fully saturated rings. The van der Waals surface area contributed by atoms with Crippen LogP contribution in [-0.2, 0) is 6.42 Å². The minimum atomic E-state index is 0.510. The third-order valence-corrected chi connectivity index (χ3v) is 4.66. The number of aromatic nitrogens is 2. The first-order chi connectivity index (χ1) is 13.6. The van der Waals surface area contributed by atoms with Crippen molar-refractivity contribution < 1.29 is 9.47 Å². The Kier molecular flexibility index (Phi) is 6.55. The Hall–Kier alpha value is -2.99. The van der Waals surface area contributed by atoms with Gasteiger partial charge >= 0.3 is 0 Å². The summed E-state index contributed by atoms with van der Waals surface area (Å²) in [6.45, 7) is 2.69. The van der Waals surface area contributed by atoms with Crippen molar-refractivity contribution in [3.63, 3.8) is 0 Å². The maximum absolute atomic E-state index is 6.17. The summed E-state index contributed by atoms with van der Waals surface area (Å²) in [5.41, 5.74) is 3.02. The highest BCUT2D eigenvalue weighted by Crippen LogP contribution is 2.27. The van der Waals surface area contributed by atoms with Crippen LogP contribution in [0.1, 0.15) is 11.1 Å². The molecule has 0 saturated carbocycles. The van der Waals surface area contributed by atoms with Gasteiger partial charge in [-0.3, -0.25) is 0 Å². The average molecular weight is 399 g/mol. The number of anilines is 3. The van der Waals surface area contributed by atoms with Gasteiger partial charge in [0.25, 0.3) is 0 Å². The van der Waals surface area contributed by atoms with E-state index in [4.69, 9.17) is 21.1 Å². The Morgan fingerprint density at radius 1 is 1.00 bits per heavy atom. The summed E-state index contributed by atoms with van der Waals surface area (Å²) < 4.78 is 10.6. The molecule has 0 radical (unpaired) electrons. The van der Waals surface area contributed by atoms with Gasteiger partial charge in [0.05, 0.1) is 14.2 Å². The molecular weight excluding hydrogens is 376 g/mol. The van der Waals surface area contributed by atoms with E-state index in [1.807, 2.05) is 49.4 Å². The zero-order chi connectivity index (χ0) is 19.9. The first-order valence-electron chi connectivity index (χ1n) is 8.90. The summed E-state index contributed by atoms with van der Waals surface area (Å²) >= 11 is 6.17. The largest absolute Gasteiger partial charge is 0.493 e. The number of benzene rings is 2. The third-order valence-electron chi connectivity index (χ3n) is 4.25. The second kappa shape index (κ2) is 9.28. The molecule has 3 aromatic rings. The van der Waals surface area contributed by atoms with Crippen LogP contribution in [0, 0.1) is 6.92 Å². The van der Waals surface area contributed by atoms with Crippen LogP contribution in [0.2, 0.25) is 5.02 Å². The second-order valence-corrected chi connectivity index (χ2v) is 6.63. The summed E-state index contributed by atoms with van der Waals surface area (Å²) in [5.74, 6) is 2.71. The molecule has 0 aliphatic heterocycles. The number of aryl methyl sites for hydroxylation is 1. The van der Waals surface area contributed by atoms with E-state index in [-0.39, 0.29) is 0 Å². The standard InChI is InChI=1S/C21H23ClN4O2/c1-14-4-6-16(13-17(14)22)25-21-24-11-9-20(26-21)23-10-8-15-5-7-18(27-2)19(12-15)28-3/h4-7,9,11-13H,8,10H2,1-3H3,(H2,23,24,25,26). The van der Waals surface area contributed by atoms with E-state index >= 15 is 0 Å². The van der Waals surface area contributed by atoms with Crippen molar-refractivity contribution in [2.24, 2.45) is 0 Å². The van der Waals surface area contributed by atoms with Crippen molar-refractivity contribution in [1.82, 2.24) is 9.97 Å². The second-order valence-electron chi connectivity index (χ2n) is 6.22. The Balaban J connectivity index is 1.59. The number of ether oxygens (including phenoxy) is 2. The predicted molar refractivity (Wildman–Crippen MR) is 113 cm³/mol. The van der Waals surface area contributed by atoms with E-state index in [0.717, 1.165) is 47.1 Å². The minimum absolute atomic E-state index is 0.510. The molecule has 146 valence electrons. The van der Waals surface area contributed by atoms with Crippen LogP contribution in [-0.4, -0.2) is 30.7 Å². The molecule has 1 aromatic heterocycles. The molecule has 0 aliphatic rings. The lowest BCUT2D eigenvalue weighted by Crippen LogP contribution is -2.08. The molecule has 0 unspecified atom stereocenters. The lowest BCUT2D eigenvalue weighted by molar-refractivity contribution is 0.354. The highest BCUT2D eigenvalue weighted by molar-refractivity contribution is 6.31. The van der Waals surface area contributed by atoms with Gasteiger partial charge in [-0.05, 0) is 54.8 Å². The number of nitrogens with one attached hydrogen (secondary N) is 2. The Morgan fingerprint density at radius 2 is 1.82 bits per heavy atom. The number of methoxy groups -OCH3 is 2. The van der Waals surface area contributed by atoms with Gasteiger partial charge in [-0.2, -0.15) is 4.98 Å². The number of hydrogen-bond donors (Lipinski definition) is 2. The van der Waals surface area contributed by atoms with Gasteiger partial charge in [0.1, 0.15) is 5.82 Å². The van der Waals surface area contributed by atoms with Crippen LogP contribution < -0.4 is 20.1 Å². The molecule has 0 bridgehead atoms. The Morgan fingerprint density at radius 3 is 2.57 bits per heavy atom. The van der Waals surface area contributed by atoms with Crippen molar-refractivity contribution >= 4 is 29.1 Å². The number of halogens is 1. The smallest absolute Gasteiger partial charge is 0.229 e. The van der Waals surface area contributed by atoms with Gasteiger partial charge < -0.3 is 20.1 Å². The molecule has 0 saturated heterocycles. The van der Waals surface area contributed by atoms with Crippen LogP contribution in [0.3, 0.4) is 0 Å². The van der Waals surface area contributed by atoms with Crippen LogP contribution in [0.4, 0.5) is 17.5 Å². The predicted octanol–water partition coefficient (Wildman–Crippen LogP) is 4.85. The van der Waals surface area contributed by atoms with Crippen molar-refractivity contribution in [3.8, 4) is 11.5 Å². The molecular formula is C21H23ClN4O2. The van der Waals surface area contributed by atoms with E-state index in [2.05, 4.69) is 20.6 Å². The Bertz CT molecular complexity index is 949. The van der Waals surface area contributed by atoms with Gasteiger partial charge in [-0.1, -0.05) is 23.7 Å². The molecule has 7 heteroatoms. The fourth-order valence-corrected chi connectivity index (χ4v) is 2.87. The normalized spacial score (nSPS) is 10.4. The minimum Gasteiger partial charge on any atom is -0.493 e. The van der Waals surface area contributed by atoms with E-state index in [1.165, 1.54) is 0 Å². The fraction of sp³-hybridized carbons (Fsp3) is 0.238. The van der Waals surface area contributed by atoms with Gasteiger partial charge in [0.2, 0.25) is 5.95 Å². The molecule has 2 aromatic carbocycles. The summed E-state index contributed by atoms with van der Waals surface area (Å²) in [4.78, 5) is 8.75. The van der Waals surface area contributed by atoms with E-state index in [1.54, 1.807) is 20.4 Å². The van der Waals surface area contributed by atoms with Crippen LogP contribution >= 0.6 is 11.6 Å². The van der Waals surface area contributed by atoms with Crippen LogP contribution in [0.15, 0.2) is 48.7 Å². The summed E-state index contributed by atoms with van der Waals surface area (Å²) in [5, 5.41) is 7.19. The van der Waals surface area contributed by atoms with Crippen molar-refractivity contribution in [2.45, 2.75) is 13.3 Å². The van der Waals surface area contributed by atoms with Gasteiger partial charge in [-0.15, -0.1) is 0 Å². The van der Waals surface area contributed by atoms with E-state index < -0.39 is 0 Å². The van der Waals surface area contributed by atoms with Crippen molar-refractivity contribution in [2.75, 3.05) is 31.4 Å². The number of rotatable bonds is 8. The molecule has 28 heavy (non-hydrogen) atoms. The Labute approximate surface area is 169 Å². The van der Waals surface area contributed by atoms with E-state index in [9.17, 15) is 0 Å². The number of hydrogen-bond acceptors (Lipinski definition) is 6. The highest BCUT2D eigenvalue weighted by atomic mass is 35.5. The fourth-order valence-electron chi connectivity index (χ4n) is 2.69. The van der Waals surface area contributed by atoms with E-state index in [0.29, 0.717) is 11.0 Å². The quantitative estimate of drug-likeness (QED) is 0.565. The molecule has 1 heterocycles. The topological polar surface area (TPSA) is 68.3 Å². The third kappa shape index (κ3) is 5.04. The molecule has 0 aliphatic carbocycles. The first-order valence-corrected chi connectivity index (χ1v) is 9.28. The molecule has 0 spiro atoms. The molecule has 3 rings (SSSR count). The molecule has 0 atom stereocenters. The summed E-state index contributed by atoms with van der Waals surface area (Å²) in [6, 6.07) is 13.5. The zero-order valence-corrected chi connectivity index (χ0v) is 16.9. The van der Waals surface area contributed by atoms with Crippen LogP contribution in [0.25, 0.3) is 0 Å². The molecule has 2 N–H and O–H groups in total. The summed E-state index contributed by atoms with van der Waals surface area (Å²) in [6.07, 6.45) is 2.53. The summed E-state index contributed by atoms with van der Waals surface area (Å²) in [7, 11) is 3.26. The average Bonchev–Trinajstić information content (AvgIpc) is 2.71. The van der Waals surface area contributed by atoms with Gasteiger partial charge in [0.15, 0.2) is 11.5 Å². The highest BCUT2D eigenvalue weighted by Gasteiger charge is 2.05. The lowest BCUT2D eigenvalue weighted by atomic mass is 10.1. The molecule has 6 nitrogen and oxygen atoms in total. The molecule has 0 amide bonds. The lowest BCUT2D eigenvalue weighted by Gasteiger charge is -2.11. The zero-order valence-electron chi connectivity index (χ0n) is 16.1. The SMILES string of the molecule is COc1ccc(CCNc2ccnc(Nc3ccc(C)c(Cl)c3)n2)cc1OC. The maximum atomic E-state index is 6.17. The maximum Gasteiger partial charge on any atom is 0.229 e. The van der Waals surface area contributed by atoms with Gasteiger partial charge in [0, 0.05) is 23.5 Å². The monoisotopic (exact) mass is 398 g/mol. The van der Waals surface area contributed by atoms with Crippen molar-refractivity contribution in [3.05, 3.63) is 64.8 Å².